The molecule has 0 aromatic carbocycles. The summed E-state index contributed by atoms with van der Waals surface area (Å²) in [6.45, 7) is 8.05. The number of Topliss-reactive ketones (excluding diaryl/α,β-unsaturated/α-hetero) is 1. The first-order valence-electron chi connectivity index (χ1n) is 16.0. The maximum absolute atomic E-state index is 14.4. The van der Waals surface area contributed by atoms with Gasteiger partial charge in [0.15, 0.2) is 5.60 Å². The molecule has 14 nitrogen and oxygen atoms in total. The zero-order valence-corrected chi connectivity index (χ0v) is 26.9. The first-order chi connectivity index (χ1) is 21.9. The number of aromatic nitrogens is 1. The molecule has 0 radical (unpaired) electrons. The summed E-state index contributed by atoms with van der Waals surface area (Å²) in [6, 6.07) is 0.407. The Bertz CT molecular complexity index is 1350. The summed E-state index contributed by atoms with van der Waals surface area (Å²) in [5.41, 5.74) is -0.329. The number of oxime groups is 1. The Morgan fingerprint density at radius 3 is 2.48 bits per heavy atom. The summed E-state index contributed by atoms with van der Waals surface area (Å²) in [5.74, 6) is -2.54. The van der Waals surface area contributed by atoms with Crippen LogP contribution in [0.5, 0.6) is 0 Å². The van der Waals surface area contributed by atoms with Gasteiger partial charge in [0.2, 0.25) is 17.6 Å². The van der Waals surface area contributed by atoms with Crippen molar-refractivity contribution in [2.45, 2.75) is 109 Å². The summed E-state index contributed by atoms with van der Waals surface area (Å²) < 4.78 is 10.8. The number of hydrogen-bond acceptors (Lipinski definition) is 10. The van der Waals surface area contributed by atoms with Gasteiger partial charge in [-0.05, 0) is 36.8 Å². The third-order valence-electron chi connectivity index (χ3n) is 8.72. The minimum Gasteiger partial charge on any atom is -0.444 e. The average Bonchev–Trinajstić information content (AvgIpc) is 3.37. The van der Waals surface area contributed by atoms with E-state index in [1.54, 1.807) is 45.3 Å². The van der Waals surface area contributed by atoms with Crippen molar-refractivity contribution >= 4 is 35.3 Å². The molecule has 4 heterocycles. The summed E-state index contributed by atoms with van der Waals surface area (Å²) in [7, 11) is 0. The lowest BCUT2D eigenvalue weighted by Crippen LogP contribution is -2.59. The Balaban J connectivity index is 1.38. The Kier molecular flexibility index (Phi) is 9.94. The molecular weight excluding hydrogens is 596 g/mol. The number of nitrogens with zero attached hydrogens (tertiary/aromatic N) is 3. The van der Waals surface area contributed by atoms with Crippen LogP contribution in [0.2, 0.25) is 0 Å². The maximum Gasteiger partial charge on any atom is 0.408 e. The predicted octanol–water partition coefficient (Wildman–Crippen LogP) is 1.61. The number of alkyl carbamates (subject to hydrolysis) is 1. The van der Waals surface area contributed by atoms with Gasteiger partial charge in [-0.3, -0.25) is 24.2 Å². The Hall–Kier alpha value is -4.07. The zero-order chi connectivity index (χ0) is 33.1. The van der Waals surface area contributed by atoms with Gasteiger partial charge in [-0.15, -0.1) is 0 Å². The number of likely N-dealkylation sites (tertiary alicyclic amines) is 1. The van der Waals surface area contributed by atoms with Gasteiger partial charge >= 0.3 is 6.09 Å². The van der Waals surface area contributed by atoms with Crippen molar-refractivity contribution in [3.8, 4) is 0 Å². The van der Waals surface area contributed by atoms with E-state index in [0.717, 1.165) is 18.4 Å². The molecule has 1 aromatic heterocycles. The maximum atomic E-state index is 14.4. The molecule has 2 saturated heterocycles. The molecule has 3 N–H and O–H groups in total. The third-order valence-corrected chi connectivity index (χ3v) is 8.72. The molecule has 1 aliphatic carbocycles. The highest BCUT2D eigenvalue weighted by Crippen LogP contribution is 2.40. The molecular formula is C32H44N6O8. The second-order valence-corrected chi connectivity index (χ2v) is 13.7. The lowest BCUT2D eigenvalue weighted by atomic mass is 9.85. The second kappa shape index (κ2) is 13.7. The topological polar surface area (TPSA) is 178 Å². The Labute approximate surface area is 268 Å². The van der Waals surface area contributed by atoms with Gasteiger partial charge < -0.3 is 35.2 Å². The summed E-state index contributed by atoms with van der Waals surface area (Å²) in [5, 5.41) is 12.5. The first kappa shape index (κ1) is 33.3. The van der Waals surface area contributed by atoms with Gasteiger partial charge in [0, 0.05) is 43.3 Å². The normalized spacial score (nSPS) is 25.3. The minimum absolute atomic E-state index is 0.0103. The van der Waals surface area contributed by atoms with E-state index in [9.17, 15) is 24.0 Å². The number of pyridine rings is 1. The van der Waals surface area contributed by atoms with Crippen molar-refractivity contribution in [1.29, 1.82) is 0 Å². The number of rotatable bonds is 11. The number of nitrogens with one attached hydrogen (secondary N) is 3. The highest BCUT2D eigenvalue weighted by atomic mass is 16.7. The molecule has 46 heavy (non-hydrogen) atoms. The van der Waals surface area contributed by atoms with E-state index in [2.05, 4.69) is 26.1 Å². The van der Waals surface area contributed by atoms with Crippen LogP contribution in [-0.2, 0) is 33.5 Å². The fourth-order valence-corrected chi connectivity index (χ4v) is 6.02. The minimum atomic E-state index is -1.07. The predicted molar refractivity (Wildman–Crippen MR) is 164 cm³/mol. The molecule has 4 aliphatic rings. The second-order valence-electron chi connectivity index (χ2n) is 13.7. The molecule has 3 aliphatic heterocycles. The van der Waals surface area contributed by atoms with Crippen LogP contribution in [0.4, 0.5) is 4.79 Å². The van der Waals surface area contributed by atoms with Gasteiger partial charge in [0.05, 0.1) is 31.5 Å². The van der Waals surface area contributed by atoms with Crippen LogP contribution in [0.25, 0.3) is 0 Å². The van der Waals surface area contributed by atoms with E-state index in [1.807, 2.05) is 6.92 Å². The molecule has 1 aromatic rings. The van der Waals surface area contributed by atoms with E-state index < -0.39 is 64.8 Å². The van der Waals surface area contributed by atoms with Crippen LogP contribution in [0.1, 0.15) is 78.2 Å². The van der Waals surface area contributed by atoms with Crippen LogP contribution in [0.3, 0.4) is 0 Å². The highest BCUT2D eigenvalue weighted by Gasteiger charge is 2.55. The molecule has 0 bridgehead atoms. The van der Waals surface area contributed by atoms with Crippen LogP contribution in [0, 0.1) is 5.41 Å². The summed E-state index contributed by atoms with van der Waals surface area (Å²) >= 11 is 0. The number of ketones is 1. The smallest absolute Gasteiger partial charge is 0.408 e. The molecule has 5 atom stereocenters. The number of hydrogen-bond donors (Lipinski definition) is 3. The van der Waals surface area contributed by atoms with Crippen molar-refractivity contribution in [2.75, 3.05) is 19.8 Å². The standard InChI is InChI=1S/C32H44N6O8/c1-5-6-22(25(39)28(41)34-20-7-8-20)35-27(40)24-16-32(15-23(37-46-32)19-9-12-33-13-10-19)18-38(24)29(42)26(31(2,3)4)36-30(43)45-21-11-14-44-17-21/h9-10,12-13,20-22,24,26H,5-8,11,14-18H2,1-4H3,(H,34,41)(H,35,40)(H,36,43)/t21-,22-,24-,26+,32+/m0/s1. The van der Waals surface area contributed by atoms with E-state index in [0.29, 0.717) is 31.6 Å². The summed E-state index contributed by atoms with van der Waals surface area (Å²) in [6.07, 6.45) is 5.52. The molecule has 1 saturated carbocycles. The Morgan fingerprint density at radius 2 is 1.85 bits per heavy atom. The lowest BCUT2D eigenvalue weighted by molar-refractivity contribution is -0.144. The summed E-state index contributed by atoms with van der Waals surface area (Å²) in [4.78, 5) is 78.4. The van der Waals surface area contributed by atoms with Crippen molar-refractivity contribution in [2.24, 2.45) is 10.6 Å². The van der Waals surface area contributed by atoms with Crippen molar-refractivity contribution in [3.63, 3.8) is 0 Å². The van der Waals surface area contributed by atoms with Crippen LogP contribution < -0.4 is 16.0 Å². The van der Waals surface area contributed by atoms with Gasteiger partial charge in [-0.25, -0.2) is 4.79 Å². The number of carbonyl (C=O) groups is 5. The molecule has 5 rings (SSSR count). The van der Waals surface area contributed by atoms with E-state index >= 15 is 0 Å². The molecule has 250 valence electrons. The Morgan fingerprint density at radius 1 is 1.11 bits per heavy atom. The first-order valence-corrected chi connectivity index (χ1v) is 16.0. The number of amides is 4. The van der Waals surface area contributed by atoms with Gasteiger partial charge in [0.25, 0.3) is 5.91 Å². The van der Waals surface area contributed by atoms with Gasteiger partial charge in [-0.2, -0.15) is 0 Å². The number of ether oxygens (including phenoxy) is 2. The van der Waals surface area contributed by atoms with E-state index in [4.69, 9.17) is 14.3 Å². The third kappa shape index (κ3) is 7.83. The van der Waals surface area contributed by atoms with Crippen molar-refractivity contribution < 1.29 is 38.3 Å². The quantitative estimate of drug-likeness (QED) is 0.303. The van der Waals surface area contributed by atoms with Crippen LogP contribution in [-0.4, -0.2) is 101 Å². The molecule has 3 fully saturated rings. The van der Waals surface area contributed by atoms with Crippen LogP contribution >= 0.6 is 0 Å². The monoisotopic (exact) mass is 640 g/mol. The number of carbonyl (C=O) groups excluding carboxylic acids is 5. The fourth-order valence-electron chi connectivity index (χ4n) is 6.02. The molecule has 14 heteroatoms. The van der Waals surface area contributed by atoms with Gasteiger partial charge in [-0.1, -0.05) is 39.3 Å². The molecule has 1 spiro atoms. The van der Waals surface area contributed by atoms with Gasteiger partial charge in [0.1, 0.15) is 18.2 Å². The van der Waals surface area contributed by atoms with Crippen molar-refractivity contribution in [1.82, 2.24) is 25.8 Å². The highest BCUT2D eigenvalue weighted by molar-refractivity contribution is 6.38. The average molecular weight is 641 g/mol. The lowest BCUT2D eigenvalue weighted by Gasteiger charge is -2.35. The van der Waals surface area contributed by atoms with E-state index in [1.165, 1.54) is 4.90 Å². The fraction of sp³-hybridized carbons (Fsp3) is 0.656. The van der Waals surface area contributed by atoms with Crippen molar-refractivity contribution in [3.05, 3.63) is 30.1 Å². The largest absolute Gasteiger partial charge is 0.444 e. The molecule has 4 amide bonds. The van der Waals surface area contributed by atoms with E-state index in [-0.39, 0.29) is 32.0 Å². The molecule has 0 unspecified atom stereocenters. The SMILES string of the molecule is CCC[C@H](NC(=O)[C@@H]1C[C@]2(CC(c3ccncc3)=NO2)CN1C(=O)[C@@H](NC(=O)O[C@H]1CCOC1)C(C)(C)C)C(=O)C(=O)NC1CC1. The van der Waals surface area contributed by atoms with Crippen LogP contribution in [0.15, 0.2) is 29.7 Å². The zero-order valence-electron chi connectivity index (χ0n) is 26.9.